The lowest BCUT2D eigenvalue weighted by Gasteiger charge is -2.38. The zero-order valence-corrected chi connectivity index (χ0v) is 15.2. The van der Waals surface area contributed by atoms with Crippen molar-refractivity contribution in [2.45, 2.75) is 31.7 Å². The summed E-state index contributed by atoms with van der Waals surface area (Å²) in [6, 6.07) is 8.05. The Morgan fingerprint density at radius 2 is 2.09 bits per heavy atom. The van der Waals surface area contributed by atoms with Crippen LogP contribution < -0.4 is 4.90 Å². The molecular weight excluding hydrogens is 380 g/mol. The maximum Gasteiger partial charge on any atom is 0.172 e. The third kappa shape index (κ3) is 2.95. The van der Waals surface area contributed by atoms with E-state index < -0.39 is 0 Å². The van der Waals surface area contributed by atoms with E-state index >= 15 is 0 Å². The Morgan fingerprint density at radius 3 is 2.78 bits per heavy atom. The number of piperidine rings is 1. The molecule has 122 valence electrons. The Hall–Kier alpha value is -0.880. The van der Waals surface area contributed by atoms with Gasteiger partial charge in [-0.3, -0.25) is 0 Å². The van der Waals surface area contributed by atoms with Crippen LogP contribution in [0.3, 0.4) is 0 Å². The van der Waals surface area contributed by atoms with Crippen LogP contribution in [0, 0.1) is 0 Å². The lowest BCUT2D eigenvalue weighted by molar-refractivity contribution is -0.178. The van der Waals surface area contributed by atoms with E-state index in [1.54, 1.807) is 0 Å². The number of aromatic nitrogens is 1. The number of hydrogen-bond donors (Lipinski definition) is 0. The lowest BCUT2D eigenvalue weighted by Crippen LogP contribution is -2.45. The predicted molar refractivity (Wildman–Crippen MR) is 95.1 cm³/mol. The van der Waals surface area contributed by atoms with Crippen molar-refractivity contribution in [3.05, 3.63) is 33.8 Å². The molecule has 2 saturated heterocycles. The van der Waals surface area contributed by atoms with Gasteiger partial charge in [-0.1, -0.05) is 27.5 Å². The van der Waals surface area contributed by atoms with Crippen LogP contribution >= 0.6 is 27.5 Å². The molecule has 2 aliphatic heterocycles. The van der Waals surface area contributed by atoms with Gasteiger partial charge in [0.25, 0.3) is 0 Å². The molecule has 6 heteroatoms. The maximum absolute atomic E-state index is 6.34. The van der Waals surface area contributed by atoms with E-state index in [0.717, 1.165) is 47.1 Å². The third-order valence-corrected chi connectivity index (χ3v) is 5.29. The van der Waals surface area contributed by atoms with Crippen LogP contribution in [0.1, 0.15) is 19.8 Å². The number of ether oxygens (including phenoxy) is 2. The summed E-state index contributed by atoms with van der Waals surface area (Å²) in [7, 11) is 0. The van der Waals surface area contributed by atoms with Crippen molar-refractivity contribution in [2.75, 3.05) is 24.6 Å². The van der Waals surface area contributed by atoms with Gasteiger partial charge >= 0.3 is 0 Å². The number of nitrogens with zero attached hydrogens (tertiary/aromatic N) is 2. The molecule has 4 rings (SSSR count). The lowest BCUT2D eigenvalue weighted by atomic mass is 10.0. The van der Waals surface area contributed by atoms with Gasteiger partial charge in [0.2, 0.25) is 0 Å². The van der Waals surface area contributed by atoms with E-state index in [1.807, 2.05) is 12.1 Å². The Kier molecular flexibility index (Phi) is 4.00. The standard InChI is InChI=1S/C17H18BrClN2O2/c1-11-10-22-17(23-11)4-6-21(7-5-17)15-3-2-12-8-13(18)9-14(19)16(12)20-15/h2-3,8-9,11H,4-7,10H2,1H3. The molecule has 0 N–H and O–H groups in total. The minimum atomic E-state index is -0.380. The van der Waals surface area contributed by atoms with E-state index in [-0.39, 0.29) is 11.9 Å². The van der Waals surface area contributed by atoms with Crippen LogP contribution in [0.15, 0.2) is 28.7 Å². The van der Waals surface area contributed by atoms with Gasteiger partial charge in [-0.15, -0.1) is 0 Å². The zero-order valence-electron chi connectivity index (χ0n) is 12.9. The van der Waals surface area contributed by atoms with Gasteiger partial charge in [-0.25, -0.2) is 4.98 Å². The molecule has 0 aliphatic carbocycles. The molecule has 2 aliphatic rings. The highest BCUT2D eigenvalue weighted by Gasteiger charge is 2.42. The molecule has 0 radical (unpaired) electrons. The summed E-state index contributed by atoms with van der Waals surface area (Å²) in [5, 5.41) is 1.71. The van der Waals surface area contributed by atoms with Crippen molar-refractivity contribution in [3.63, 3.8) is 0 Å². The van der Waals surface area contributed by atoms with Crippen LogP contribution in [-0.4, -0.2) is 36.6 Å². The minimum Gasteiger partial charge on any atom is -0.356 e. The molecule has 1 aromatic heterocycles. The van der Waals surface area contributed by atoms with Crippen molar-refractivity contribution in [1.82, 2.24) is 4.98 Å². The van der Waals surface area contributed by atoms with E-state index in [1.165, 1.54) is 0 Å². The zero-order chi connectivity index (χ0) is 16.0. The smallest absolute Gasteiger partial charge is 0.172 e. The summed E-state index contributed by atoms with van der Waals surface area (Å²) in [5.41, 5.74) is 0.842. The van der Waals surface area contributed by atoms with Gasteiger partial charge in [0.15, 0.2) is 5.79 Å². The fourth-order valence-corrected chi connectivity index (χ4v) is 4.24. The van der Waals surface area contributed by atoms with Gasteiger partial charge in [0, 0.05) is 35.8 Å². The molecule has 4 nitrogen and oxygen atoms in total. The van der Waals surface area contributed by atoms with Gasteiger partial charge < -0.3 is 14.4 Å². The molecular formula is C17H18BrClN2O2. The van der Waals surface area contributed by atoms with Crippen molar-refractivity contribution >= 4 is 44.3 Å². The second-order valence-corrected chi connectivity index (χ2v) is 7.59. The number of hydrogen-bond acceptors (Lipinski definition) is 4. The summed E-state index contributed by atoms with van der Waals surface area (Å²) >= 11 is 9.80. The van der Waals surface area contributed by atoms with Crippen LogP contribution in [0.2, 0.25) is 5.02 Å². The Morgan fingerprint density at radius 1 is 1.30 bits per heavy atom. The molecule has 0 saturated carbocycles. The molecule has 1 spiro atoms. The van der Waals surface area contributed by atoms with Crippen molar-refractivity contribution in [1.29, 1.82) is 0 Å². The highest BCUT2D eigenvalue weighted by atomic mass is 79.9. The molecule has 1 unspecified atom stereocenters. The van der Waals surface area contributed by atoms with Gasteiger partial charge in [0.1, 0.15) is 5.82 Å². The first-order valence-electron chi connectivity index (χ1n) is 7.87. The van der Waals surface area contributed by atoms with Crippen LogP contribution in [0.5, 0.6) is 0 Å². The summed E-state index contributed by atoms with van der Waals surface area (Å²) in [5.74, 6) is 0.581. The quantitative estimate of drug-likeness (QED) is 0.715. The normalized spacial score (nSPS) is 23.8. The molecule has 0 bridgehead atoms. The van der Waals surface area contributed by atoms with E-state index in [4.69, 9.17) is 26.1 Å². The minimum absolute atomic E-state index is 0.192. The van der Waals surface area contributed by atoms with Gasteiger partial charge in [-0.05, 0) is 31.2 Å². The van der Waals surface area contributed by atoms with Crippen molar-refractivity contribution in [3.8, 4) is 0 Å². The van der Waals surface area contributed by atoms with Crippen LogP contribution in [0.4, 0.5) is 5.82 Å². The predicted octanol–water partition coefficient (Wildman–Crippen LogP) is 4.38. The number of anilines is 1. The van der Waals surface area contributed by atoms with Crippen LogP contribution in [-0.2, 0) is 9.47 Å². The molecule has 2 aromatic rings. The topological polar surface area (TPSA) is 34.6 Å². The molecule has 0 amide bonds. The second-order valence-electron chi connectivity index (χ2n) is 6.27. The highest BCUT2D eigenvalue weighted by Crippen LogP contribution is 2.36. The number of fused-ring (bicyclic) bond motifs is 1. The first-order chi connectivity index (χ1) is 11.0. The average molecular weight is 398 g/mol. The Balaban J connectivity index is 1.56. The molecule has 1 atom stereocenters. The monoisotopic (exact) mass is 396 g/mol. The van der Waals surface area contributed by atoms with E-state index in [2.05, 4.69) is 39.9 Å². The van der Waals surface area contributed by atoms with Gasteiger partial charge in [-0.2, -0.15) is 0 Å². The fourth-order valence-electron chi connectivity index (χ4n) is 3.37. The van der Waals surface area contributed by atoms with Crippen LogP contribution in [0.25, 0.3) is 10.9 Å². The summed E-state index contributed by atoms with van der Waals surface area (Å²) < 4.78 is 12.8. The molecule has 3 heterocycles. The number of benzene rings is 1. The SMILES string of the molecule is CC1COC2(CCN(c3ccc4cc(Br)cc(Cl)c4n3)CC2)O1. The molecule has 2 fully saturated rings. The van der Waals surface area contributed by atoms with E-state index in [9.17, 15) is 0 Å². The van der Waals surface area contributed by atoms with Crippen molar-refractivity contribution < 1.29 is 9.47 Å². The maximum atomic E-state index is 6.34. The summed E-state index contributed by atoms with van der Waals surface area (Å²) in [6.07, 6.45) is 1.92. The number of pyridine rings is 1. The molecule has 23 heavy (non-hydrogen) atoms. The van der Waals surface area contributed by atoms with Gasteiger partial charge in [0.05, 0.1) is 23.3 Å². The first-order valence-corrected chi connectivity index (χ1v) is 9.04. The van der Waals surface area contributed by atoms with Crippen molar-refractivity contribution in [2.24, 2.45) is 0 Å². The Bertz CT molecular complexity index is 747. The number of rotatable bonds is 1. The largest absolute Gasteiger partial charge is 0.356 e. The average Bonchev–Trinajstić information content (AvgIpc) is 2.88. The molecule has 1 aromatic carbocycles. The number of halogens is 2. The highest BCUT2D eigenvalue weighted by molar-refractivity contribution is 9.10. The summed E-state index contributed by atoms with van der Waals surface area (Å²) in [4.78, 5) is 7.04. The Labute approximate surface area is 148 Å². The third-order valence-electron chi connectivity index (χ3n) is 4.54. The first kappa shape index (κ1) is 15.6. The fraction of sp³-hybridized carbons (Fsp3) is 0.471. The second kappa shape index (κ2) is 5.88. The van der Waals surface area contributed by atoms with E-state index in [0.29, 0.717) is 11.6 Å². The summed E-state index contributed by atoms with van der Waals surface area (Å²) in [6.45, 7) is 4.50.